The summed E-state index contributed by atoms with van der Waals surface area (Å²) in [6.07, 6.45) is 1.32. The highest BCUT2D eigenvalue weighted by molar-refractivity contribution is 7.92. The van der Waals surface area contributed by atoms with Gasteiger partial charge >= 0.3 is 0 Å². The van der Waals surface area contributed by atoms with Crippen LogP contribution in [0.2, 0.25) is 5.02 Å². The van der Waals surface area contributed by atoms with Gasteiger partial charge in [-0.05, 0) is 55.8 Å². The van der Waals surface area contributed by atoms with E-state index in [1.165, 1.54) is 13.2 Å². The van der Waals surface area contributed by atoms with Crippen molar-refractivity contribution >= 4 is 38.9 Å². The van der Waals surface area contributed by atoms with Crippen molar-refractivity contribution in [2.45, 2.75) is 26.3 Å². The Bertz CT molecular complexity index is 948. The second-order valence-corrected chi connectivity index (χ2v) is 8.51. The summed E-state index contributed by atoms with van der Waals surface area (Å²) in [4.78, 5) is 12.9. The molecule has 1 atom stereocenters. The first kappa shape index (κ1) is 22.8. The lowest BCUT2D eigenvalue weighted by Crippen LogP contribution is -2.47. The molecule has 2 aromatic carbocycles. The van der Waals surface area contributed by atoms with Gasteiger partial charge in [-0.2, -0.15) is 0 Å². The molecule has 0 aliphatic carbocycles. The van der Waals surface area contributed by atoms with Crippen LogP contribution in [0, 0.1) is 0 Å². The number of nitrogens with one attached hydrogen (secondary N) is 1. The first-order valence-corrected chi connectivity index (χ1v) is 11.3. The normalized spacial score (nSPS) is 12.2. The first-order valence-electron chi connectivity index (χ1n) is 9.07. The lowest BCUT2D eigenvalue weighted by atomic mass is 10.1. The van der Waals surface area contributed by atoms with Gasteiger partial charge in [0.05, 0.1) is 30.7 Å². The summed E-state index contributed by atoms with van der Waals surface area (Å²) in [5.41, 5.74) is 0.824. The van der Waals surface area contributed by atoms with E-state index in [2.05, 4.69) is 5.32 Å². The van der Waals surface area contributed by atoms with Crippen LogP contribution in [0.3, 0.4) is 0 Å². The topological polar surface area (TPSA) is 84.9 Å². The van der Waals surface area contributed by atoms with Gasteiger partial charge in [-0.3, -0.25) is 9.10 Å². The van der Waals surface area contributed by atoms with Gasteiger partial charge in [-0.1, -0.05) is 18.5 Å². The Morgan fingerprint density at radius 1 is 1.17 bits per heavy atom. The number of nitrogens with zero attached hydrogens (tertiary/aromatic N) is 1. The monoisotopic (exact) mass is 440 g/mol. The largest absolute Gasteiger partial charge is 0.495 e. The number of sulfonamides is 1. The van der Waals surface area contributed by atoms with Crippen molar-refractivity contribution in [3.05, 3.63) is 47.5 Å². The molecule has 0 spiro atoms. The minimum atomic E-state index is -3.76. The zero-order valence-electron chi connectivity index (χ0n) is 16.8. The van der Waals surface area contributed by atoms with Gasteiger partial charge < -0.3 is 14.8 Å². The molecule has 9 heteroatoms. The molecule has 2 aromatic rings. The number of methoxy groups -OCH3 is 1. The van der Waals surface area contributed by atoms with Crippen LogP contribution >= 0.6 is 11.6 Å². The Hall–Kier alpha value is -2.45. The molecule has 7 nitrogen and oxygen atoms in total. The molecule has 1 N–H and O–H groups in total. The predicted molar refractivity (Wildman–Crippen MR) is 116 cm³/mol. The number of anilines is 2. The molecular weight excluding hydrogens is 416 g/mol. The molecule has 0 bridgehead atoms. The second kappa shape index (κ2) is 9.84. The minimum Gasteiger partial charge on any atom is -0.495 e. The summed E-state index contributed by atoms with van der Waals surface area (Å²) in [7, 11) is -2.30. The lowest BCUT2D eigenvalue weighted by Gasteiger charge is -2.30. The third-order valence-electron chi connectivity index (χ3n) is 4.15. The minimum absolute atomic E-state index is 0.250. The average Bonchev–Trinajstić information content (AvgIpc) is 2.66. The Balaban J connectivity index is 2.33. The molecule has 0 heterocycles. The van der Waals surface area contributed by atoms with E-state index < -0.39 is 22.0 Å². The van der Waals surface area contributed by atoms with Crippen LogP contribution in [0.15, 0.2) is 42.5 Å². The summed E-state index contributed by atoms with van der Waals surface area (Å²) < 4.78 is 36.6. The number of carbonyl (C=O) groups is 1. The highest BCUT2D eigenvalue weighted by Gasteiger charge is 2.32. The number of rotatable bonds is 9. The van der Waals surface area contributed by atoms with Crippen molar-refractivity contribution in [2.24, 2.45) is 0 Å². The number of benzene rings is 2. The van der Waals surface area contributed by atoms with Crippen molar-refractivity contribution in [1.82, 2.24) is 0 Å². The van der Waals surface area contributed by atoms with E-state index in [0.29, 0.717) is 23.8 Å². The van der Waals surface area contributed by atoms with Gasteiger partial charge in [-0.15, -0.1) is 0 Å². The quantitative estimate of drug-likeness (QED) is 0.638. The van der Waals surface area contributed by atoms with Crippen LogP contribution in [0.5, 0.6) is 11.5 Å². The average molecular weight is 441 g/mol. The SMILES string of the molecule is CCOc1ccc(NC(=O)[C@H](CC)N(c2ccc(OC)c(Cl)c2)S(C)(=O)=O)cc1. The Kier molecular flexibility index (Phi) is 7.75. The molecular formula is C20H25ClN2O5S. The summed E-state index contributed by atoms with van der Waals surface area (Å²) in [5.74, 6) is 0.646. The van der Waals surface area contributed by atoms with Crippen LogP contribution in [0.25, 0.3) is 0 Å². The molecule has 0 aliphatic rings. The highest BCUT2D eigenvalue weighted by atomic mass is 35.5. The maximum atomic E-state index is 12.9. The van der Waals surface area contributed by atoms with E-state index >= 15 is 0 Å². The van der Waals surface area contributed by atoms with Gasteiger partial charge in [0, 0.05) is 5.69 Å². The van der Waals surface area contributed by atoms with Crippen molar-refractivity contribution in [3.63, 3.8) is 0 Å². The van der Waals surface area contributed by atoms with Crippen LogP contribution < -0.4 is 19.1 Å². The Labute approximate surface area is 176 Å². The van der Waals surface area contributed by atoms with Crippen molar-refractivity contribution in [1.29, 1.82) is 0 Å². The zero-order chi connectivity index (χ0) is 21.6. The fourth-order valence-electron chi connectivity index (χ4n) is 2.88. The van der Waals surface area contributed by atoms with Crippen molar-refractivity contribution in [3.8, 4) is 11.5 Å². The molecule has 0 unspecified atom stereocenters. The van der Waals surface area contributed by atoms with Gasteiger partial charge in [0.15, 0.2) is 0 Å². The standard InChI is InChI=1S/C20H25ClN2O5S/c1-5-18(20(24)22-14-7-10-16(11-8-14)28-6-2)23(29(4,25)26)15-9-12-19(27-3)17(21)13-15/h7-13,18H,5-6H2,1-4H3,(H,22,24)/t18-/m0/s1. The van der Waals surface area contributed by atoms with Crippen LogP contribution in [-0.2, 0) is 14.8 Å². The molecule has 1 amide bonds. The fraction of sp³-hybridized carbons (Fsp3) is 0.350. The number of hydrogen-bond donors (Lipinski definition) is 1. The van der Waals surface area contributed by atoms with Gasteiger partial charge in [0.2, 0.25) is 15.9 Å². The number of amides is 1. The maximum absolute atomic E-state index is 12.9. The van der Waals surface area contributed by atoms with Gasteiger partial charge in [0.25, 0.3) is 0 Å². The van der Waals surface area contributed by atoms with Gasteiger partial charge in [-0.25, -0.2) is 8.42 Å². The summed E-state index contributed by atoms with van der Waals surface area (Å²) in [6.45, 7) is 4.16. The van der Waals surface area contributed by atoms with E-state index in [1.807, 2.05) is 6.92 Å². The van der Waals surface area contributed by atoms with Crippen LogP contribution in [0.4, 0.5) is 11.4 Å². The van der Waals surface area contributed by atoms with E-state index in [4.69, 9.17) is 21.1 Å². The molecule has 29 heavy (non-hydrogen) atoms. The van der Waals surface area contributed by atoms with E-state index in [1.54, 1.807) is 43.3 Å². The van der Waals surface area contributed by atoms with Crippen molar-refractivity contribution in [2.75, 3.05) is 29.6 Å². The van der Waals surface area contributed by atoms with Crippen molar-refractivity contribution < 1.29 is 22.7 Å². The molecule has 158 valence electrons. The molecule has 0 aliphatic heterocycles. The number of ether oxygens (including phenoxy) is 2. The first-order chi connectivity index (χ1) is 13.7. The zero-order valence-corrected chi connectivity index (χ0v) is 18.4. The Morgan fingerprint density at radius 2 is 1.83 bits per heavy atom. The third-order valence-corrected chi connectivity index (χ3v) is 5.63. The summed E-state index contributed by atoms with van der Waals surface area (Å²) in [5, 5.41) is 3.01. The number of carbonyl (C=O) groups excluding carboxylic acids is 1. The van der Waals surface area contributed by atoms with E-state index in [0.717, 1.165) is 10.6 Å². The lowest BCUT2D eigenvalue weighted by molar-refractivity contribution is -0.117. The van der Waals surface area contributed by atoms with Crippen LogP contribution in [0.1, 0.15) is 20.3 Å². The van der Waals surface area contributed by atoms with Gasteiger partial charge in [0.1, 0.15) is 17.5 Å². The van der Waals surface area contributed by atoms with Crippen LogP contribution in [-0.4, -0.2) is 40.3 Å². The smallest absolute Gasteiger partial charge is 0.248 e. The molecule has 0 aromatic heterocycles. The number of halogens is 1. The van der Waals surface area contributed by atoms with E-state index in [9.17, 15) is 13.2 Å². The maximum Gasteiger partial charge on any atom is 0.248 e. The molecule has 0 radical (unpaired) electrons. The predicted octanol–water partition coefficient (Wildman–Crippen LogP) is 3.93. The second-order valence-electron chi connectivity index (χ2n) is 6.25. The summed E-state index contributed by atoms with van der Waals surface area (Å²) in [6, 6.07) is 10.5. The highest BCUT2D eigenvalue weighted by Crippen LogP contribution is 2.32. The van der Waals surface area contributed by atoms with E-state index in [-0.39, 0.29) is 17.1 Å². The Morgan fingerprint density at radius 3 is 2.31 bits per heavy atom. The molecule has 0 saturated heterocycles. The molecule has 0 saturated carbocycles. The third kappa shape index (κ3) is 5.77. The fourth-order valence-corrected chi connectivity index (χ4v) is 4.33. The number of hydrogen-bond acceptors (Lipinski definition) is 5. The molecule has 2 rings (SSSR count). The molecule has 0 fully saturated rings. The summed E-state index contributed by atoms with van der Waals surface area (Å²) >= 11 is 6.16.